The number of rotatable bonds is 11. The molecule has 4 heterocycles. The van der Waals surface area contributed by atoms with Gasteiger partial charge in [-0.25, -0.2) is 27.2 Å². The molecule has 10 nitrogen and oxygen atoms in total. The minimum Gasteiger partial charge on any atom is -0.326 e. The van der Waals surface area contributed by atoms with E-state index < -0.39 is 10.0 Å². The molecule has 0 atom stereocenters. The summed E-state index contributed by atoms with van der Waals surface area (Å²) in [5.74, 6) is 2.73. The molecule has 0 radical (unpaired) electrons. The smallest absolute Gasteiger partial charge is 0.326 e. The molecule has 0 spiro atoms. The van der Waals surface area contributed by atoms with Crippen LogP contribution < -0.4 is 19.6 Å². The van der Waals surface area contributed by atoms with Crippen LogP contribution in [-0.2, 0) is 42.0 Å². The van der Waals surface area contributed by atoms with E-state index in [4.69, 9.17) is 5.14 Å². The zero-order valence-corrected chi connectivity index (χ0v) is 22.5. The fraction of sp³-hybridized carbons (Fsp3) is 0.500. The first-order chi connectivity index (χ1) is 17.7. The fourth-order valence-electron chi connectivity index (χ4n) is 5.95. The summed E-state index contributed by atoms with van der Waals surface area (Å²) in [7, 11) is 0.563. The van der Waals surface area contributed by atoms with E-state index in [9.17, 15) is 13.2 Å². The van der Waals surface area contributed by atoms with Crippen LogP contribution in [0, 0.1) is 0 Å². The zero-order valence-electron chi connectivity index (χ0n) is 21.7. The molecule has 0 bridgehead atoms. The van der Waals surface area contributed by atoms with E-state index in [0.717, 1.165) is 36.8 Å². The lowest BCUT2D eigenvalue weighted by Crippen LogP contribution is -2.46. The van der Waals surface area contributed by atoms with Crippen LogP contribution in [0.4, 0.5) is 5.69 Å². The van der Waals surface area contributed by atoms with Crippen LogP contribution in [0.2, 0.25) is 0 Å². The van der Waals surface area contributed by atoms with Gasteiger partial charge in [-0.05, 0) is 43.5 Å². The average Bonchev–Trinajstić information content (AvgIpc) is 3.55. The fourth-order valence-corrected chi connectivity index (χ4v) is 6.46. The lowest BCUT2D eigenvalue weighted by molar-refractivity contribution is -0.982. The van der Waals surface area contributed by atoms with E-state index in [1.165, 1.54) is 49.6 Å². The van der Waals surface area contributed by atoms with Crippen LogP contribution in [-0.4, -0.2) is 34.5 Å². The van der Waals surface area contributed by atoms with Gasteiger partial charge in [0.05, 0.1) is 25.5 Å². The van der Waals surface area contributed by atoms with Gasteiger partial charge >= 0.3 is 17.9 Å². The van der Waals surface area contributed by atoms with E-state index >= 15 is 0 Å². The molecule has 0 aliphatic carbocycles. The average molecular weight is 529 g/mol. The minimum absolute atomic E-state index is 0.0341. The topological polar surface area (TPSA) is 107 Å². The number of quaternary nitrogens is 1. The molecule has 1 amide bonds. The lowest BCUT2D eigenvalue weighted by atomic mass is 10.1. The number of nitrogens with one attached hydrogen (secondary N) is 1. The summed E-state index contributed by atoms with van der Waals surface area (Å²) < 4.78 is 33.2. The number of unbranched alkanes of at least 4 members (excludes halogenated alkanes) is 5. The SMILES string of the molecule is C[n+]1ccn2c1C[N+]1(CCCCCCCCC(=O)Nc3ccc(S(N)(=O)=O)cc3)Cc3n(cc[n+]3C)C21. The molecule has 11 heteroatoms. The van der Waals surface area contributed by atoms with E-state index in [1.54, 1.807) is 12.1 Å². The highest BCUT2D eigenvalue weighted by molar-refractivity contribution is 7.89. The third-order valence-electron chi connectivity index (χ3n) is 7.94. The van der Waals surface area contributed by atoms with Gasteiger partial charge in [-0.3, -0.25) is 4.79 Å². The van der Waals surface area contributed by atoms with E-state index in [0.29, 0.717) is 18.4 Å². The first-order valence-electron chi connectivity index (χ1n) is 13.1. The highest BCUT2D eigenvalue weighted by Gasteiger charge is 2.62. The van der Waals surface area contributed by atoms with Gasteiger partial charge in [0.1, 0.15) is 24.8 Å². The Hall–Kier alpha value is -3.02. The van der Waals surface area contributed by atoms with Gasteiger partial charge in [0.25, 0.3) is 0 Å². The van der Waals surface area contributed by atoms with Crippen LogP contribution in [0.1, 0.15) is 62.9 Å². The number of nitrogens with zero attached hydrogens (tertiary/aromatic N) is 5. The molecule has 1 aromatic carbocycles. The van der Waals surface area contributed by atoms with Gasteiger partial charge in [0.15, 0.2) is 13.1 Å². The number of fused-ring (bicyclic) bond motifs is 5. The molecule has 37 heavy (non-hydrogen) atoms. The second-order valence-electron chi connectivity index (χ2n) is 10.6. The van der Waals surface area contributed by atoms with Crippen molar-refractivity contribution in [2.75, 3.05) is 11.9 Å². The van der Waals surface area contributed by atoms with E-state index in [1.807, 2.05) is 0 Å². The van der Waals surface area contributed by atoms with Gasteiger partial charge in [-0.2, -0.15) is 0 Å². The first kappa shape index (κ1) is 25.6. The molecule has 0 fully saturated rings. The maximum Gasteiger partial charge on any atom is 0.380 e. The Labute approximate surface area is 218 Å². The normalized spacial score (nSPS) is 20.0. The quantitative estimate of drug-likeness (QED) is 0.225. The van der Waals surface area contributed by atoms with Gasteiger partial charge in [0, 0.05) is 12.1 Å². The van der Waals surface area contributed by atoms with Crippen molar-refractivity contribution in [1.29, 1.82) is 0 Å². The number of carbonyl (C=O) groups excluding carboxylic acids is 1. The summed E-state index contributed by atoms with van der Waals surface area (Å²) in [5, 5.41) is 7.92. The number of anilines is 1. The van der Waals surface area contributed by atoms with E-state index in [-0.39, 0.29) is 10.8 Å². The number of aromatic nitrogens is 4. The van der Waals surface area contributed by atoms with Crippen molar-refractivity contribution in [3.63, 3.8) is 0 Å². The Bertz CT molecular complexity index is 1340. The maximum absolute atomic E-state index is 12.2. The molecule has 3 aromatic rings. The Morgan fingerprint density at radius 1 is 0.946 bits per heavy atom. The number of primary sulfonamides is 1. The number of amides is 1. The summed E-state index contributed by atoms with van der Waals surface area (Å²) in [4.78, 5) is 12.2. The van der Waals surface area contributed by atoms with Crippen molar-refractivity contribution in [3.8, 4) is 0 Å². The predicted molar refractivity (Wildman–Crippen MR) is 137 cm³/mol. The molecule has 2 aromatic heterocycles. The highest BCUT2D eigenvalue weighted by atomic mass is 32.2. The molecule has 0 saturated heterocycles. The van der Waals surface area contributed by atoms with E-state index in [2.05, 4.69) is 62.5 Å². The van der Waals surface area contributed by atoms with Crippen LogP contribution in [0.5, 0.6) is 0 Å². The number of hydrogen-bond donors (Lipinski definition) is 2. The summed E-state index contributed by atoms with van der Waals surface area (Å²) >= 11 is 0. The second-order valence-corrected chi connectivity index (χ2v) is 12.1. The number of benzene rings is 1. The maximum atomic E-state index is 12.2. The van der Waals surface area contributed by atoms with Gasteiger partial charge in [0.2, 0.25) is 15.9 Å². The standard InChI is InChI=1S/C26H37N7O3S/c1-29-14-16-31-24(29)19-33(20-25-30(2)15-17-32(25)26(31)33)18-8-6-4-3-5-7-9-23(34)28-21-10-12-22(13-11-21)37(27,35)36/h10-17,26H,3-9,18-20H2,1-2H3,(H2-,27,28,34,35,36)/q+2/p+1. The Kier molecular flexibility index (Phi) is 6.95. The van der Waals surface area contributed by atoms with Crippen molar-refractivity contribution in [3.05, 3.63) is 60.7 Å². The molecular weight excluding hydrogens is 490 g/mol. The van der Waals surface area contributed by atoms with Crippen molar-refractivity contribution in [1.82, 2.24) is 9.13 Å². The van der Waals surface area contributed by atoms with Crippen molar-refractivity contribution in [2.24, 2.45) is 19.2 Å². The highest BCUT2D eigenvalue weighted by Crippen LogP contribution is 2.42. The molecule has 3 N–H and O–H groups in total. The van der Waals surface area contributed by atoms with Gasteiger partial charge in [-0.1, -0.05) is 19.3 Å². The summed E-state index contributed by atoms with van der Waals surface area (Å²) in [5.41, 5.74) is 0.577. The van der Waals surface area contributed by atoms with Crippen molar-refractivity contribution < 1.29 is 26.8 Å². The molecule has 2 aliphatic heterocycles. The minimum atomic E-state index is -3.73. The molecular formula is C26H38N7O3S+3. The predicted octanol–water partition coefficient (Wildman–Crippen LogP) is 1.80. The van der Waals surface area contributed by atoms with Crippen LogP contribution in [0.15, 0.2) is 53.9 Å². The monoisotopic (exact) mass is 528 g/mol. The van der Waals surface area contributed by atoms with Crippen LogP contribution >= 0.6 is 0 Å². The Morgan fingerprint density at radius 2 is 1.49 bits per heavy atom. The first-order valence-corrected chi connectivity index (χ1v) is 14.6. The summed E-state index contributed by atoms with van der Waals surface area (Å²) in [6.07, 6.45) is 16.2. The number of imidazole rings is 2. The van der Waals surface area contributed by atoms with Gasteiger partial charge < -0.3 is 5.32 Å². The molecule has 5 rings (SSSR count). The Morgan fingerprint density at radius 3 is 2.05 bits per heavy atom. The number of nitrogens with two attached hydrogens (primary N) is 1. The summed E-state index contributed by atoms with van der Waals surface area (Å²) in [6, 6.07) is 5.92. The second kappa shape index (κ2) is 10.0. The molecule has 0 saturated carbocycles. The molecule has 198 valence electrons. The van der Waals surface area contributed by atoms with Crippen molar-refractivity contribution in [2.45, 2.75) is 69.2 Å². The lowest BCUT2D eigenvalue weighted by Gasteiger charge is -2.28. The van der Waals surface area contributed by atoms with Gasteiger partial charge in [-0.15, -0.1) is 9.13 Å². The Balaban J connectivity index is 1.02. The number of aryl methyl sites for hydroxylation is 2. The molecule has 0 unspecified atom stereocenters. The summed E-state index contributed by atoms with van der Waals surface area (Å²) in [6.45, 7) is 3.30. The largest absolute Gasteiger partial charge is 0.380 e. The zero-order chi connectivity index (χ0) is 26.2. The third kappa shape index (κ3) is 5.07. The molecule has 2 aliphatic rings. The van der Waals surface area contributed by atoms with Crippen molar-refractivity contribution >= 4 is 21.6 Å². The third-order valence-corrected chi connectivity index (χ3v) is 8.87. The van der Waals surface area contributed by atoms with Crippen LogP contribution in [0.3, 0.4) is 0 Å². The number of carbonyl (C=O) groups is 1. The number of hydrogen-bond acceptors (Lipinski definition) is 3. The van der Waals surface area contributed by atoms with Crippen LogP contribution in [0.25, 0.3) is 0 Å². The number of sulfonamides is 1.